The fourth-order valence-corrected chi connectivity index (χ4v) is 1.21. The van der Waals surface area contributed by atoms with Gasteiger partial charge in [0.2, 0.25) is 0 Å². The normalized spacial score (nSPS) is 12.2. The summed E-state index contributed by atoms with van der Waals surface area (Å²) in [5.74, 6) is 0.806. The molecule has 2 nitrogen and oxygen atoms in total. The zero-order chi connectivity index (χ0) is 9.68. The van der Waals surface area contributed by atoms with Crippen LogP contribution in [0, 0.1) is 0 Å². The van der Waals surface area contributed by atoms with Crippen molar-refractivity contribution in [3.05, 3.63) is 29.8 Å². The summed E-state index contributed by atoms with van der Waals surface area (Å²) in [4.78, 5) is 10.3. The molecule has 0 amide bonds. The lowest BCUT2D eigenvalue weighted by atomic mass is 10.1. The third kappa shape index (κ3) is 3.07. The van der Waals surface area contributed by atoms with E-state index in [9.17, 15) is 4.79 Å². The van der Waals surface area contributed by atoms with Gasteiger partial charge in [0.15, 0.2) is 0 Å². The van der Waals surface area contributed by atoms with Crippen molar-refractivity contribution in [3.8, 4) is 5.75 Å². The van der Waals surface area contributed by atoms with Crippen LogP contribution in [-0.2, 0) is 11.2 Å². The number of aldehydes is 1. The van der Waals surface area contributed by atoms with E-state index in [0.29, 0.717) is 6.42 Å². The number of carbonyl (C=O) groups excluding carboxylic acids is 1. The number of rotatable bonds is 4. The predicted molar refractivity (Wildman–Crippen MR) is 52.4 cm³/mol. The molecule has 70 valence electrons. The van der Waals surface area contributed by atoms with Gasteiger partial charge in [-0.1, -0.05) is 12.1 Å². The third-order valence-electron chi connectivity index (χ3n) is 1.74. The summed E-state index contributed by atoms with van der Waals surface area (Å²) < 4.78 is 5.00. The lowest BCUT2D eigenvalue weighted by molar-refractivity contribution is -0.107. The van der Waals surface area contributed by atoms with Crippen molar-refractivity contribution in [2.45, 2.75) is 11.8 Å². The van der Waals surface area contributed by atoms with Crippen molar-refractivity contribution in [1.82, 2.24) is 0 Å². The maximum absolute atomic E-state index is 10.3. The molecule has 0 radical (unpaired) electrons. The molecule has 0 aliphatic rings. The van der Waals surface area contributed by atoms with Crippen molar-refractivity contribution < 1.29 is 9.53 Å². The van der Waals surface area contributed by atoms with Gasteiger partial charge < -0.3 is 9.53 Å². The third-order valence-corrected chi connectivity index (χ3v) is 1.99. The molecule has 1 unspecified atom stereocenters. The average Bonchev–Trinajstić information content (AvgIpc) is 2.19. The molecule has 0 spiro atoms. The number of hydrogen-bond acceptors (Lipinski definition) is 2. The van der Waals surface area contributed by atoms with Crippen LogP contribution in [0.4, 0.5) is 0 Å². The van der Waals surface area contributed by atoms with E-state index in [0.717, 1.165) is 17.6 Å². The van der Waals surface area contributed by atoms with Gasteiger partial charge in [-0.25, -0.2) is 0 Å². The maximum Gasteiger partial charge on any atom is 0.138 e. The predicted octanol–water partition coefficient (Wildman–Crippen LogP) is 2.04. The molecule has 0 fully saturated rings. The molecule has 1 rings (SSSR count). The monoisotopic (exact) mass is 198 g/mol. The van der Waals surface area contributed by atoms with Crippen molar-refractivity contribution >= 4 is 17.9 Å². The van der Waals surface area contributed by atoms with Gasteiger partial charge in [-0.3, -0.25) is 0 Å². The van der Waals surface area contributed by atoms with Crippen LogP contribution in [0.2, 0.25) is 0 Å². The van der Waals surface area contributed by atoms with Crippen LogP contribution in [0.25, 0.3) is 0 Å². The topological polar surface area (TPSA) is 26.3 Å². The zero-order valence-electron chi connectivity index (χ0n) is 7.37. The summed E-state index contributed by atoms with van der Waals surface area (Å²) in [6, 6.07) is 7.50. The molecule has 1 aromatic carbocycles. The van der Waals surface area contributed by atoms with Gasteiger partial charge in [-0.15, -0.1) is 11.6 Å². The summed E-state index contributed by atoms with van der Waals surface area (Å²) in [6.45, 7) is 0. The summed E-state index contributed by atoms with van der Waals surface area (Å²) >= 11 is 5.67. The fourth-order valence-electron chi connectivity index (χ4n) is 1.03. The molecule has 3 heteroatoms. The Bertz CT molecular complexity index is 269. The molecule has 0 saturated heterocycles. The second-order valence-electron chi connectivity index (χ2n) is 2.70. The smallest absolute Gasteiger partial charge is 0.138 e. The molecular formula is C10H11ClO2. The second kappa shape index (κ2) is 4.87. The highest BCUT2D eigenvalue weighted by molar-refractivity contribution is 6.27. The van der Waals surface area contributed by atoms with E-state index in [1.54, 1.807) is 7.11 Å². The van der Waals surface area contributed by atoms with Crippen LogP contribution < -0.4 is 4.74 Å². The van der Waals surface area contributed by atoms with Gasteiger partial charge in [0.05, 0.1) is 12.5 Å². The summed E-state index contributed by atoms with van der Waals surface area (Å²) in [5, 5.41) is -0.437. The first-order valence-corrected chi connectivity index (χ1v) is 4.42. The quantitative estimate of drug-likeness (QED) is 0.547. The van der Waals surface area contributed by atoms with Crippen LogP contribution in [0.5, 0.6) is 5.75 Å². The number of methoxy groups -OCH3 is 1. The highest BCUT2D eigenvalue weighted by atomic mass is 35.5. The lowest BCUT2D eigenvalue weighted by Crippen LogP contribution is -2.03. The second-order valence-corrected chi connectivity index (χ2v) is 3.26. The van der Waals surface area contributed by atoms with E-state index >= 15 is 0 Å². The molecular weight excluding hydrogens is 188 g/mol. The average molecular weight is 199 g/mol. The highest BCUT2D eigenvalue weighted by Crippen LogP contribution is 2.13. The fraction of sp³-hybridized carbons (Fsp3) is 0.300. The number of alkyl halides is 1. The van der Waals surface area contributed by atoms with Crippen LogP contribution >= 0.6 is 11.6 Å². The first-order chi connectivity index (χ1) is 6.26. The Morgan fingerprint density at radius 2 is 2.08 bits per heavy atom. The van der Waals surface area contributed by atoms with Crippen LogP contribution in [0.3, 0.4) is 0 Å². The van der Waals surface area contributed by atoms with Gasteiger partial charge in [0.25, 0.3) is 0 Å². The summed E-state index contributed by atoms with van der Waals surface area (Å²) in [6.07, 6.45) is 1.31. The Balaban J connectivity index is 2.63. The van der Waals surface area contributed by atoms with Crippen molar-refractivity contribution in [2.24, 2.45) is 0 Å². The minimum Gasteiger partial charge on any atom is -0.497 e. The molecule has 1 aromatic rings. The number of ether oxygens (including phenoxy) is 1. The van der Waals surface area contributed by atoms with E-state index < -0.39 is 5.38 Å². The molecule has 0 heterocycles. The Hall–Kier alpha value is -1.02. The van der Waals surface area contributed by atoms with Crippen LogP contribution in [0.1, 0.15) is 5.56 Å². The number of halogens is 1. The van der Waals surface area contributed by atoms with Crippen molar-refractivity contribution in [1.29, 1.82) is 0 Å². The highest BCUT2D eigenvalue weighted by Gasteiger charge is 2.03. The molecule has 0 aliphatic carbocycles. The van der Waals surface area contributed by atoms with Crippen LogP contribution in [-0.4, -0.2) is 18.8 Å². The molecule has 0 N–H and O–H groups in total. The molecule has 0 aliphatic heterocycles. The van der Waals surface area contributed by atoms with Gasteiger partial charge >= 0.3 is 0 Å². The Kier molecular flexibility index (Phi) is 3.77. The minimum atomic E-state index is -0.437. The zero-order valence-corrected chi connectivity index (χ0v) is 8.12. The van der Waals surface area contributed by atoms with Gasteiger partial charge in [0, 0.05) is 0 Å². The standard InChI is InChI=1S/C10H11ClO2/c1-13-10-4-2-8(3-5-10)6-9(11)7-12/h2-5,7,9H,6H2,1H3. The SMILES string of the molecule is COc1ccc(CC(Cl)C=O)cc1. The summed E-state index contributed by atoms with van der Waals surface area (Å²) in [5.41, 5.74) is 1.04. The molecule has 0 bridgehead atoms. The van der Waals surface area contributed by atoms with Crippen molar-refractivity contribution in [3.63, 3.8) is 0 Å². The molecule has 0 saturated carbocycles. The minimum absolute atomic E-state index is 0.437. The molecule has 1 atom stereocenters. The molecule has 0 aromatic heterocycles. The van der Waals surface area contributed by atoms with Crippen LogP contribution in [0.15, 0.2) is 24.3 Å². The van der Waals surface area contributed by atoms with Gasteiger partial charge in [-0.2, -0.15) is 0 Å². The van der Waals surface area contributed by atoms with Gasteiger partial charge in [0.1, 0.15) is 12.0 Å². The lowest BCUT2D eigenvalue weighted by Gasteiger charge is -2.03. The van der Waals surface area contributed by atoms with Crippen molar-refractivity contribution in [2.75, 3.05) is 7.11 Å². The van der Waals surface area contributed by atoms with E-state index in [1.165, 1.54) is 0 Å². The Labute approximate surface area is 82.5 Å². The largest absolute Gasteiger partial charge is 0.497 e. The Morgan fingerprint density at radius 3 is 2.54 bits per heavy atom. The number of carbonyl (C=O) groups is 1. The molecule has 13 heavy (non-hydrogen) atoms. The van der Waals surface area contributed by atoms with Gasteiger partial charge in [-0.05, 0) is 24.1 Å². The Morgan fingerprint density at radius 1 is 1.46 bits per heavy atom. The van der Waals surface area contributed by atoms with E-state index in [-0.39, 0.29) is 0 Å². The summed E-state index contributed by atoms with van der Waals surface area (Å²) in [7, 11) is 1.62. The van der Waals surface area contributed by atoms with E-state index in [4.69, 9.17) is 16.3 Å². The first-order valence-electron chi connectivity index (χ1n) is 3.98. The number of hydrogen-bond donors (Lipinski definition) is 0. The van der Waals surface area contributed by atoms with E-state index in [2.05, 4.69) is 0 Å². The first kappa shape index (κ1) is 10.1. The number of benzene rings is 1. The maximum atomic E-state index is 10.3. The van der Waals surface area contributed by atoms with E-state index in [1.807, 2.05) is 24.3 Å².